The Balaban J connectivity index is 1.93. The molecule has 0 amide bonds. The number of hydrogen-bond donors (Lipinski definition) is 1. The number of nitrogens with two attached hydrogens (primary N) is 1. The van der Waals surface area contributed by atoms with Crippen molar-refractivity contribution < 1.29 is 8.42 Å². The molecule has 0 bridgehead atoms. The topological polar surface area (TPSA) is 66.6 Å². The van der Waals surface area contributed by atoms with Crippen molar-refractivity contribution >= 4 is 10.2 Å². The van der Waals surface area contributed by atoms with Gasteiger partial charge in [0.2, 0.25) is 0 Å². The molecule has 0 radical (unpaired) electrons. The Kier molecular flexibility index (Phi) is 2.34. The molecule has 82 valence electrons. The van der Waals surface area contributed by atoms with Gasteiger partial charge in [0.15, 0.2) is 0 Å². The van der Waals surface area contributed by atoms with Crippen molar-refractivity contribution in [3.05, 3.63) is 0 Å². The van der Waals surface area contributed by atoms with Crippen LogP contribution >= 0.6 is 0 Å². The van der Waals surface area contributed by atoms with Crippen molar-refractivity contribution in [1.82, 2.24) is 9.21 Å². The lowest BCUT2D eigenvalue weighted by Gasteiger charge is -2.52. The molecule has 2 aliphatic rings. The summed E-state index contributed by atoms with van der Waals surface area (Å²) >= 11 is 0. The fourth-order valence-corrected chi connectivity index (χ4v) is 3.20. The Morgan fingerprint density at radius 2 is 1.71 bits per heavy atom. The fourth-order valence-electron chi connectivity index (χ4n) is 2.29. The highest BCUT2D eigenvalue weighted by molar-refractivity contribution is 7.86. The zero-order chi connectivity index (χ0) is 10.4. The van der Waals surface area contributed by atoms with E-state index < -0.39 is 10.2 Å². The van der Waals surface area contributed by atoms with E-state index in [9.17, 15) is 8.42 Å². The molecule has 2 saturated heterocycles. The third-order valence-corrected chi connectivity index (χ3v) is 4.41. The molecule has 0 aliphatic carbocycles. The van der Waals surface area contributed by atoms with Gasteiger partial charge in [0.1, 0.15) is 0 Å². The minimum atomic E-state index is -3.44. The van der Waals surface area contributed by atoms with Crippen LogP contribution in [-0.4, -0.2) is 50.8 Å². The molecule has 0 unspecified atom stereocenters. The van der Waals surface area contributed by atoms with E-state index in [2.05, 4.69) is 11.9 Å². The molecule has 2 N–H and O–H groups in total. The maximum absolute atomic E-state index is 11.0. The zero-order valence-electron chi connectivity index (χ0n) is 8.44. The van der Waals surface area contributed by atoms with Gasteiger partial charge in [-0.3, -0.25) is 0 Å². The van der Waals surface area contributed by atoms with Crippen LogP contribution in [0.1, 0.15) is 12.8 Å². The lowest BCUT2D eigenvalue weighted by Crippen LogP contribution is -2.62. The van der Waals surface area contributed by atoms with Gasteiger partial charge < -0.3 is 4.90 Å². The summed E-state index contributed by atoms with van der Waals surface area (Å²) < 4.78 is 23.4. The average molecular weight is 219 g/mol. The Bertz CT molecular complexity index is 311. The van der Waals surface area contributed by atoms with Crippen LogP contribution in [0.25, 0.3) is 0 Å². The first-order chi connectivity index (χ1) is 6.41. The second-order valence-electron chi connectivity index (χ2n) is 4.62. The smallest absolute Gasteiger partial charge is 0.276 e. The van der Waals surface area contributed by atoms with E-state index in [0.717, 1.165) is 25.9 Å². The van der Waals surface area contributed by atoms with Crippen LogP contribution in [0.15, 0.2) is 0 Å². The summed E-state index contributed by atoms with van der Waals surface area (Å²) in [4.78, 5) is 2.28. The van der Waals surface area contributed by atoms with Crippen molar-refractivity contribution in [2.45, 2.75) is 12.8 Å². The molecule has 2 heterocycles. The van der Waals surface area contributed by atoms with E-state index >= 15 is 0 Å². The quantitative estimate of drug-likeness (QED) is 0.629. The molecule has 0 atom stereocenters. The maximum Gasteiger partial charge on any atom is 0.276 e. The first-order valence-electron chi connectivity index (χ1n) is 4.88. The molecule has 0 aromatic carbocycles. The molecule has 0 aromatic rings. The van der Waals surface area contributed by atoms with E-state index in [1.807, 2.05) is 0 Å². The lowest BCUT2D eigenvalue weighted by atomic mass is 9.73. The van der Waals surface area contributed by atoms with E-state index in [1.54, 1.807) is 0 Å². The molecular weight excluding hydrogens is 202 g/mol. The van der Waals surface area contributed by atoms with Crippen LogP contribution in [0.4, 0.5) is 0 Å². The Morgan fingerprint density at radius 1 is 1.21 bits per heavy atom. The molecule has 2 aliphatic heterocycles. The Hall–Kier alpha value is -0.170. The summed E-state index contributed by atoms with van der Waals surface area (Å²) in [6, 6.07) is 0. The monoisotopic (exact) mass is 219 g/mol. The van der Waals surface area contributed by atoms with Crippen molar-refractivity contribution in [2.75, 3.05) is 33.2 Å². The van der Waals surface area contributed by atoms with Gasteiger partial charge in [-0.05, 0) is 33.0 Å². The average Bonchev–Trinajstić information content (AvgIpc) is 2.00. The highest BCUT2D eigenvalue weighted by Crippen LogP contribution is 2.40. The van der Waals surface area contributed by atoms with Gasteiger partial charge in [0, 0.05) is 18.5 Å². The van der Waals surface area contributed by atoms with Crippen LogP contribution in [0.3, 0.4) is 0 Å². The summed E-state index contributed by atoms with van der Waals surface area (Å²) in [6.07, 6.45) is 2.19. The normalized spacial score (nSPS) is 29.0. The third-order valence-electron chi connectivity index (χ3n) is 3.43. The largest absolute Gasteiger partial charge is 0.306 e. The van der Waals surface area contributed by atoms with Crippen LogP contribution in [0.2, 0.25) is 0 Å². The molecule has 0 saturated carbocycles. The van der Waals surface area contributed by atoms with Crippen LogP contribution in [0.5, 0.6) is 0 Å². The number of hydrogen-bond acceptors (Lipinski definition) is 3. The number of likely N-dealkylation sites (tertiary alicyclic amines) is 1. The highest BCUT2D eigenvalue weighted by atomic mass is 32.2. The first kappa shape index (κ1) is 10.4. The zero-order valence-corrected chi connectivity index (χ0v) is 9.26. The van der Waals surface area contributed by atoms with Gasteiger partial charge in [-0.25, -0.2) is 5.14 Å². The molecular formula is C8H17N3O2S. The fraction of sp³-hybridized carbons (Fsp3) is 1.00. The van der Waals surface area contributed by atoms with Gasteiger partial charge in [0.05, 0.1) is 0 Å². The predicted octanol–water partition coefficient (Wildman–Crippen LogP) is -0.782. The molecule has 2 rings (SSSR count). The SMILES string of the molecule is CN1CCC2(CC1)CN(S(N)(=O)=O)C2. The predicted molar refractivity (Wildman–Crippen MR) is 53.8 cm³/mol. The van der Waals surface area contributed by atoms with E-state index in [0.29, 0.717) is 13.1 Å². The second-order valence-corrected chi connectivity index (χ2v) is 6.16. The Labute approximate surface area is 85.0 Å². The molecule has 1 spiro atoms. The first-order valence-corrected chi connectivity index (χ1v) is 6.38. The molecule has 0 aromatic heterocycles. The minimum Gasteiger partial charge on any atom is -0.306 e. The number of piperidine rings is 1. The number of nitrogens with zero attached hydrogens (tertiary/aromatic N) is 2. The van der Waals surface area contributed by atoms with Crippen LogP contribution in [0, 0.1) is 5.41 Å². The summed E-state index contributed by atoms with van der Waals surface area (Å²) in [7, 11) is -1.34. The molecule has 2 fully saturated rings. The van der Waals surface area contributed by atoms with Gasteiger partial charge in [-0.2, -0.15) is 12.7 Å². The summed E-state index contributed by atoms with van der Waals surface area (Å²) in [5.41, 5.74) is 0.235. The van der Waals surface area contributed by atoms with E-state index in [-0.39, 0.29) is 5.41 Å². The molecule has 5 nitrogen and oxygen atoms in total. The standard InChI is InChI=1S/C8H17N3O2S/c1-10-4-2-8(3-5-10)6-11(7-8)14(9,12)13/h2-7H2,1H3,(H2,9,12,13). The number of rotatable bonds is 1. The highest BCUT2D eigenvalue weighted by Gasteiger charge is 2.47. The maximum atomic E-state index is 11.0. The van der Waals surface area contributed by atoms with Gasteiger partial charge >= 0.3 is 0 Å². The lowest BCUT2D eigenvalue weighted by molar-refractivity contribution is 0.00754. The van der Waals surface area contributed by atoms with Crippen molar-refractivity contribution in [3.63, 3.8) is 0 Å². The third kappa shape index (κ3) is 1.79. The second kappa shape index (κ2) is 3.16. The summed E-state index contributed by atoms with van der Waals surface area (Å²) in [6.45, 7) is 3.39. The van der Waals surface area contributed by atoms with E-state index in [1.165, 1.54) is 4.31 Å². The van der Waals surface area contributed by atoms with Gasteiger partial charge in [-0.1, -0.05) is 0 Å². The van der Waals surface area contributed by atoms with Gasteiger partial charge in [0.25, 0.3) is 10.2 Å². The van der Waals surface area contributed by atoms with Gasteiger partial charge in [-0.15, -0.1) is 0 Å². The van der Waals surface area contributed by atoms with Crippen molar-refractivity contribution in [1.29, 1.82) is 0 Å². The van der Waals surface area contributed by atoms with Crippen LogP contribution < -0.4 is 5.14 Å². The minimum absolute atomic E-state index is 0.235. The summed E-state index contributed by atoms with van der Waals surface area (Å²) in [5.74, 6) is 0. The van der Waals surface area contributed by atoms with Crippen molar-refractivity contribution in [2.24, 2.45) is 10.6 Å². The molecule has 14 heavy (non-hydrogen) atoms. The molecule has 6 heteroatoms. The van der Waals surface area contributed by atoms with Crippen LogP contribution in [-0.2, 0) is 10.2 Å². The van der Waals surface area contributed by atoms with E-state index in [4.69, 9.17) is 5.14 Å². The van der Waals surface area contributed by atoms with Crippen molar-refractivity contribution in [3.8, 4) is 0 Å². The Morgan fingerprint density at radius 3 is 2.14 bits per heavy atom. The summed E-state index contributed by atoms with van der Waals surface area (Å²) in [5, 5.41) is 5.05.